The molecule has 1 aromatic heterocycles. The van der Waals surface area contributed by atoms with E-state index in [4.69, 9.17) is 5.26 Å². The number of carboxylic acids is 1. The van der Waals surface area contributed by atoms with Crippen molar-refractivity contribution < 1.29 is 9.90 Å². The van der Waals surface area contributed by atoms with Crippen molar-refractivity contribution in [2.45, 2.75) is 38.1 Å². The van der Waals surface area contributed by atoms with Crippen LogP contribution in [0.3, 0.4) is 0 Å². The van der Waals surface area contributed by atoms with Gasteiger partial charge in [0.05, 0.1) is 11.6 Å². The van der Waals surface area contributed by atoms with Gasteiger partial charge in [-0.05, 0) is 43.7 Å². The van der Waals surface area contributed by atoms with Gasteiger partial charge in [0.2, 0.25) is 0 Å². The second kappa shape index (κ2) is 5.27. The first kappa shape index (κ1) is 13.3. The Morgan fingerprint density at radius 2 is 2.26 bits per heavy atom. The Morgan fingerprint density at radius 3 is 2.84 bits per heavy atom. The van der Waals surface area contributed by atoms with Crippen molar-refractivity contribution in [3.8, 4) is 6.07 Å². The third kappa shape index (κ3) is 2.84. The van der Waals surface area contributed by atoms with E-state index >= 15 is 0 Å². The van der Waals surface area contributed by atoms with Gasteiger partial charge in [-0.3, -0.25) is 0 Å². The van der Waals surface area contributed by atoms with Crippen LogP contribution in [-0.4, -0.2) is 21.6 Å². The van der Waals surface area contributed by atoms with Crippen LogP contribution in [0.25, 0.3) is 0 Å². The van der Waals surface area contributed by atoms with Gasteiger partial charge in [0, 0.05) is 6.20 Å². The summed E-state index contributed by atoms with van der Waals surface area (Å²) in [5.41, 5.74) is -0.477. The number of carboxylic acid groups (broad SMARTS) is 1. The molecule has 0 unspecified atom stereocenters. The number of aliphatic carboxylic acids is 1. The average molecular weight is 259 g/mol. The summed E-state index contributed by atoms with van der Waals surface area (Å²) >= 11 is 0. The minimum absolute atomic E-state index is 0.455. The van der Waals surface area contributed by atoms with E-state index in [1.807, 2.05) is 6.07 Å². The summed E-state index contributed by atoms with van der Waals surface area (Å²) in [6.07, 6.45) is 4.46. The minimum atomic E-state index is -0.951. The maximum atomic E-state index is 11.6. The lowest BCUT2D eigenvalue weighted by molar-refractivity contribution is -0.143. The maximum Gasteiger partial charge on any atom is 0.329 e. The van der Waals surface area contributed by atoms with Gasteiger partial charge in [0.25, 0.3) is 0 Å². The van der Waals surface area contributed by atoms with Crippen molar-refractivity contribution in [1.29, 1.82) is 5.26 Å². The lowest BCUT2D eigenvalue weighted by Gasteiger charge is -2.36. The minimum Gasteiger partial charge on any atom is -0.480 e. The van der Waals surface area contributed by atoms with Gasteiger partial charge in [-0.15, -0.1) is 0 Å². The molecule has 0 aromatic carbocycles. The predicted molar refractivity (Wildman–Crippen MR) is 70.6 cm³/mol. The first-order chi connectivity index (χ1) is 9.05. The average Bonchev–Trinajstić information content (AvgIpc) is 2.41. The standard InChI is InChI=1S/C14H17N3O2/c1-10-2-5-14(6-3-10,13(18)19)17-12-8-11(9-15)4-7-16-12/h4,7-8,10H,2-3,5-6H2,1H3,(H,16,17)(H,18,19). The van der Waals surface area contributed by atoms with Crippen LogP contribution in [0.4, 0.5) is 5.82 Å². The zero-order valence-electron chi connectivity index (χ0n) is 10.9. The fourth-order valence-corrected chi connectivity index (χ4v) is 2.46. The first-order valence-corrected chi connectivity index (χ1v) is 6.43. The molecule has 1 fully saturated rings. The molecule has 1 aliphatic carbocycles. The van der Waals surface area contributed by atoms with Gasteiger partial charge in [0.1, 0.15) is 11.4 Å². The summed E-state index contributed by atoms with van der Waals surface area (Å²) in [4.78, 5) is 15.7. The Morgan fingerprint density at radius 1 is 1.58 bits per heavy atom. The molecule has 0 bridgehead atoms. The topological polar surface area (TPSA) is 86.0 Å². The van der Waals surface area contributed by atoms with Crippen LogP contribution >= 0.6 is 0 Å². The number of nitrogens with zero attached hydrogens (tertiary/aromatic N) is 2. The number of hydrogen-bond donors (Lipinski definition) is 2. The molecule has 2 N–H and O–H groups in total. The highest BCUT2D eigenvalue weighted by Gasteiger charge is 2.41. The number of hydrogen-bond acceptors (Lipinski definition) is 4. The molecule has 2 rings (SSSR count). The third-order valence-electron chi connectivity index (χ3n) is 3.79. The SMILES string of the molecule is CC1CCC(Nc2cc(C#N)ccn2)(C(=O)O)CC1. The van der Waals surface area contributed by atoms with Crippen LogP contribution in [0.2, 0.25) is 0 Å². The van der Waals surface area contributed by atoms with Crippen LogP contribution in [0, 0.1) is 17.2 Å². The molecule has 19 heavy (non-hydrogen) atoms. The summed E-state index contributed by atoms with van der Waals surface area (Å²) in [6.45, 7) is 2.14. The molecule has 0 saturated heterocycles. The molecule has 5 nitrogen and oxygen atoms in total. The van der Waals surface area contributed by atoms with Crippen LogP contribution in [0.15, 0.2) is 18.3 Å². The van der Waals surface area contributed by atoms with E-state index in [1.165, 1.54) is 6.20 Å². The number of anilines is 1. The van der Waals surface area contributed by atoms with E-state index in [0.717, 1.165) is 12.8 Å². The highest BCUT2D eigenvalue weighted by Crippen LogP contribution is 2.34. The van der Waals surface area contributed by atoms with Gasteiger partial charge in [0.15, 0.2) is 0 Å². The van der Waals surface area contributed by atoms with Gasteiger partial charge in [-0.25, -0.2) is 9.78 Å². The van der Waals surface area contributed by atoms with Crippen LogP contribution in [-0.2, 0) is 4.79 Å². The molecule has 1 saturated carbocycles. The highest BCUT2D eigenvalue weighted by molar-refractivity contribution is 5.82. The molecular formula is C14H17N3O2. The Labute approximate surface area is 112 Å². The summed E-state index contributed by atoms with van der Waals surface area (Å²) in [5.74, 6) is 0.173. The van der Waals surface area contributed by atoms with Crippen molar-refractivity contribution in [1.82, 2.24) is 4.98 Å². The second-order valence-electron chi connectivity index (χ2n) is 5.24. The lowest BCUT2D eigenvalue weighted by Crippen LogP contribution is -2.49. The molecule has 0 radical (unpaired) electrons. The maximum absolute atomic E-state index is 11.6. The van der Waals surface area contributed by atoms with Crippen LogP contribution in [0.1, 0.15) is 38.2 Å². The van der Waals surface area contributed by atoms with Gasteiger partial charge < -0.3 is 10.4 Å². The number of pyridine rings is 1. The molecule has 100 valence electrons. The Bertz CT molecular complexity index is 514. The van der Waals surface area contributed by atoms with E-state index in [1.54, 1.807) is 12.1 Å². The summed E-state index contributed by atoms with van der Waals surface area (Å²) in [5, 5.41) is 21.4. The smallest absolute Gasteiger partial charge is 0.329 e. The molecule has 0 spiro atoms. The van der Waals surface area contributed by atoms with Crippen molar-refractivity contribution in [2.75, 3.05) is 5.32 Å². The lowest BCUT2D eigenvalue weighted by atomic mass is 9.77. The first-order valence-electron chi connectivity index (χ1n) is 6.43. The van der Waals surface area contributed by atoms with E-state index in [2.05, 4.69) is 17.2 Å². The van der Waals surface area contributed by atoms with Crippen molar-refractivity contribution >= 4 is 11.8 Å². The summed E-state index contributed by atoms with van der Waals surface area (Å²) < 4.78 is 0. The molecule has 1 heterocycles. The molecular weight excluding hydrogens is 242 g/mol. The molecule has 5 heteroatoms. The van der Waals surface area contributed by atoms with Crippen molar-refractivity contribution in [2.24, 2.45) is 5.92 Å². The Balaban J connectivity index is 2.22. The van der Waals surface area contributed by atoms with Gasteiger partial charge >= 0.3 is 5.97 Å². The molecule has 1 aliphatic rings. The number of nitriles is 1. The summed E-state index contributed by atoms with van der Waals surface area (Å²) in [6, 6.07) is 5.21. The molecule has 1 aromatic rings. The second-order valence-corrected chi connectivity index (χ2v) is 5.24. The van der Waals surface area contributed by atoms with Crippen molar-refractivity contribution in [3.63, 3.8) is 0 Å². The van der Waals surface area contributed by atoms with Gasteiger partial charge in [-0.2, -0.15) is 5.26 Å². The van der Waals surface area contributed by atoms with Crippen LogP contribution < -0.4 is 5.32 Å². The Hall–Kier alpha value is -2.09. The fraction of sp³-hybridized carbons (Fsp3) is 0.500. The molecule has 0 amide bonds. The highest BCUT2D eigenvalue weighted by atomic mass is 16.4. The van der Waals surface area contributed by atoms with Crippen molar-refractivity contribution in [3.05, 3.63) is 23.9 Å². The zero-order chi connectivity index (χ0) is 13.9. The zero-order valence-corrected chi connectivity index (χ0v) is 10.9. The third-order valence-corrected chi connectivity index (χ3v) is 3.79. The monoisotopic (exact) mass is 259 g/mol. The number of nitrogens with one attached hydrogen (secondary N) is 1. The Kier molecular flexibility index (Phi) is 3.70. The van der Waals surface area contributed by atoms with E-state index < -0.39 is 11.5 Å². The van der Waals surface area contributed by atoms with E-state index in [-0.39, 0.29) is 0 Å². The number of aromatic nitrogens is 1. The summed E-state index contributed by atoms with van der Waals surface area (Å²) in [7, 11) is 0. The predicted octanol–water partition coefficient (Wildman–Crippen LogP) is 2.40. The fourth-order valence-electron chi connectivity index (χ4n) is 2.46. The normalized spacial score (nSPS) is 26.4. The molecule has 0 aliphatic heterocycles. The quantitative estimate of drug-likeness (QED) is 0.870. The largest absolute Gasteiger partial charge is 0.480 e. The van der Waals surface area contributed by atoms with Gasteiger partial charge in [-0.1, -0.05) is 6.92 Å². The molecule has 0 atom stereocenters. The van der Waals surface area contributed by atoms with E-state index in [9.17, 15) is 9.90 Å². The number of rotatable bonds is 3. The number of carbonyl (C=O) groups is 1. The van der Waals surface area contributed by atoms with Crippen LogP contribution in [0.5, 0.6) is 0 Å². The van der Waals surface area contributed by atoms with E-state index in [0.29, 0.717) is 30.1 Å².